The molecule has 1 N–H and O–H groups in total. The number of amides is 1. The van der Waals surface area contributed by atoms with Crippen LogP contribution < -0.4 is 21.3 Å². The number of aromatic nitrogens is 3. The lowest BCUT2D eigenvalue weighted by molar-refractivity contribution is -0.113. The zero-order valence-corrected chi connectivity index (χ0v) is 16.9. The maximum Gasteiger partial charge on any atom is 0.332 e. The fourth-order valence-electron chi connectivity index (χ4n) is 2.69. The van der Waals surface area contributed by atoms with E-state index >= 15 is 0 Å². The van der Waals surface area contributed by atoms with E-state index in [2.05, 4.69) is 10.3 Å². The minimum absolute atomic E-state index is 0.0424. The van der Waals surface area contributed by atoms with Crippen molar-refractivity contribution in [3.8, 4) is 5.75 Å². The Morgan fingerprint density at radius 2 is 2.00 bits per heavy atom. The molecule has 0 fully saturated rings. The molecular weight excluding hydrogens is 404 g/mol. The number of halogens is 1. The summed E-state index contributed by atoms with van der Waals surface area (Å²) in [5, 5.41) is 3.51. The molecule has 146 valence electrons. The number of nitrogens with zero attached hydrogens (tertiary/aromatic N) is 3. The number of aryl methyl sites for hydroxylation is 1. The van der Waals surface area contributed by atoms with Gasteiger partial charge in [-0.1, -0.05) is 11.6 Å². The van der Waals surface area contributed by atoms with Crippen LogP contribution in [0.15, 0.2) is 44.9 Å². The van der Waals surface area contributed by atoms with Crippen molar-refractivity contribution < 1.29 is 9.53 Å². The van der Waals surface area contributed by atoms with Gasteiger partial charge in [0.05, 0.1) is 23.9 Å². The molecule has 28 heavy (non-hydrogen) atoms. The van der Waals surface area contributed by atoms with Gasteiger partial charge in [0.2, 0.25) is 5.91 Å². The highest BCUT2D eigenvalue weighted by atomic mass is 35.5. The Balaban J connectivity index is 1.87. The minimum Gasteiger partial charge on any atom is -0.495 e. The van der Waals surface area contributed by atoms with E-state index in [0.717, 1.165) is 4.57 Å². The van der Waals surface area contributed by atoms with E-state index in [0.29, 0.717) is 26.7 Å². The average Bonchev–Trinajstić information content (AvgIpc) is 2.69. The molecule has 0 unspecified atom stereocenters. The molecule has 1 amide bonds. The van der Waals surface area contributed by atoms with Crippen LogP contribution >= 0.6 is 23.4 Å². The average molecular weight is 421 g/mol. The summed E-state index contributed by atoms with van der Waals surface area (Å²) in [6.45, 7) is 0. The van der Waals surface area contributed by atoms with Crippen LogP contribution in [0.25, 0.3) is 11.0 Å². The number of methoxy groups -OCH3 is 1. The van der Waals surface area contributed by atoms with Crippen LogP contribution in [0.3, 0.4) is 0 Å². The number of anilines is 1. The van der Waals surface area contributed by atoms with Crippen LogP contribution in [-0.2, 0) is 18.9 Å². The second kappa shape index (κ2) is 8.07. The highest BCUT2D eigenvalue weighted by molar-refractivity contribution is 8.00. The fourth-order valence-corrected chi connectivity index (χ4v) is 3.70. The zero-order valence-electron chi connectivity index (χ0n) is 15.4. The predicted octanol–water partition coefficient (Wildman–Crippen LogP) is 2.02. The molecule has 0 bridgehead atoms. The van der Waals surface area contributed by atoms with Crippen LogP contribution in [0.1, 0.15) is 0 Å². The maximum atomic E-state index is 12.5. The molecular formula is C18H17ClN4O4S. The third-order valence-electron chi connectivity index (χ3n) is 4.10. The molecule has 0 spiro atoms. The molecule has 0 saturated heterocycles. The quantitative estimate of drug-likeness (QED) is 0.634. The highest BCUT2D eigenvalue weighted by Crippen LogP contribution is 2.28. The standard InChI is InChI=1S/C18H17ClN4O4S/c1-22-16-15(17(25)23(2)18(22)26)13(6-7-20-16)28-9-14(24)21-11-8-10(19)4-5-12(11)27-3/h4-8H,9H2,1-3H3,(H,21,24). The number of hydrogen-bond acceptors (Lipinski definition) is 6. The van der Waals surface area contributed by atoms with E-state index in [1.807, 2.05) is 0 Å². The number of carbonyl (C=O) groups excluding carboxylic acids is 1. The number of thioether (sulfide) groups is 1. The van der Waals surface area contributed by atoms with Crippen LogP contribution in [0.5, 0.6) is 5.75 Å². The lowest BCUT2D eigenvalue weighted by Gasteiger charge is -2.11. The summed E-state index contributed by atoms with van der Waals surface area (Å²) in [6, 6.07) is 6.56. The predicted molar refractivity (Wildman–Crippen MR) is 110 cm³/mol. The Morgan fingerprint density at radius 1 is 1.25 bits per heavy atom. The Morgan fingerprint density at radius 3 is 2.71 bits per heavy atom. The third kappa shape index (κ3) is 3.76. The van der Waals surface area contributed by atoms with Gasteiger partial charge in [-0.2, -0.15) is 0 Å². The normalized spacial score (nSPS) is 10.9. The van der Waals surface area contributed by atoms with Crippen LogP contribution in [-0.4, -0.2) is 32.9 Å². The summed E-state index contributed by atoms with van der Waals surface area (Å²) >= 11 is 7.15. The monoisotopic (exact) mass is 420 g/mol. The van der Waals surface area contributed by atoms with Gasteiger partial charge in [-0.15, -0.1) is 11.8 Å². The van der Waals surface area contributed by atoms with Crippen molar-refractivity contribution in [2.45, 2.75) is 4.90 Å². The van der Waals surface area contributed by atoms with Crippen molar-refractivity contribution in [1.29, 1.82) is 0 Å². The second-order valence-corrected chi connectivity index (χ2v) is 7.35. The molecule has 2 heterocycles. The number of ether oxygens (including phenoxy) is 1. The van der Waals surface area contributed by atoms with Gasteiger partial charge in [0, 0.05) is 30.2 Å². The maximum absolute atomic E-state index is 12.5. The number of carbonyl (C=O) groups is 1. The molecule has 1 aromatic carbocycles. The first-order chi connectivity index (χ1) is 13.3. The Kier molecular flexibility index (Phi) is 5.76. The lowest BCUT2D eigenvalue weighted by atomic mass is 10.3. The summed E-state index contributed by atoms with van der Waals surface area (Å²) in [4.78, 5) is 41.7. The number of fused-ring (bicyclic) bond motifs is 1. The molecule has 8 nitrogen and oxygen atoms in total. The minimum atomic E-state index is -0.460. The summed E-state index contributed by atoms with van der Waals surface area (Å²) in [5.41, 5.74) is -0.183. The smallest absolute Gasteiger partial charge is 0.332 e. The van der Waals surface area contributed by atoms with Crippen molar-refractivity contribution in [2.75, 3.05) is 18.2 Å². The van der Waals surface area contributed by atoms with E-state index in [1.165, 1.54) is 36.7 Å². The Bertz CT molecular complexity index is 1190. The Hall–Kier alpha value is -2.78. The van der Waals surface area contributed by atoms with Crippen LogP contribution in [0.4, 0.5) is 5.69 Å². The molecule has 0 aliphatic heterocycles. The third-order valence-corrected chi connectivity index (χ3v) is 5.39. The lowest BCUT2D eigenvalue weighted by Crippen LogP contribution is -2.37. The Labute approximate surface area is 169 Å². The van der Waals surface area contributed by atoms with Gasteiger partial charge in [-0.05, 0) is 24.3 Å². The topological polar surface area (TPSA) is 95.2 Å². The van der Waals surface area contributed by atoms with Crippen molar-refractivity contribution in [3.05, 3.63) is 56.3 Å². The molecule has 0 saturated carbocycles. The van der Waals surface area contributed by atoms with Gasteiger partial charge in [-0.3, -0.25) is 18.7 Å². The zero-order chi connectivity index (χ0) is 20.4. The number of nitrogens with one attached hydrogen (secondary N) is 1. The van der Waals surface area contributed by atoms with Crippen molar-refractivity contribution in [3.63, 3.8) is 0 Å². The second-order valence-electron chi connectivity index (χ2n) is 5.89. The van der Waals surface area contributed by atoms with Gasteiger partial charge in [0.1, 0.15) is 11.4 Å². The first-order valence-electron chi connectivity index (χ1n) is 8.14. The van der Waals surface area contributed by atoms with E-state index in [1.54, 1.807) is 31.3 Å². The van der Waals surface area contributed by atoms with Crippen molar-refractivity contribution in [2.24, 2.45) is 14.1 Å². The number of hydrogen-bond donors (Lipinski definition) is 1. The summed E-state index contributed by atoms with van der Waals surface area (Å²) in [5.74, 6) is 0.235. The van der Waals surface area contributed by atoms with Gasteiger partial charge in [0.15, 0.2) is 0 Å². The summed E-state index contributed by atoms with van der Waals surface area (Å²) in [7, 11) is 4.45. The van der Waals surface area contributed by atoms with E-state index in [9.17, 15) is 14.4 Å². The van der Waals surface area contributed by atoms with E-state index < -0.39 is 11.2 Å². The van der Waals surface area contributed by atoms with Crippen molar-refractivity contribution >= 4 is 46.0 Å². The molecule has 3 aromatic rings. The van der Waals surface area contributed by atoms with Gasteiger partial charge >= 0.3 is 5.69 Å². The van der Waals surface area contributed by atoms with E-state index in [4.69, 9.17) is 16.3 Å². The number of rotatable bonds is 5. The molecule has 0 aliphatic carbocycles. The molecule has 0 atom stereocenters. The summed E-state index contributed by atoms with van der Waals surface area (Å²) < 4.78 is 7.53. The highest BCUT2D eigenvalue weighted by Gasteiger charge is 2.15. The summed E-state index contributed by atoms with van der Waals surface area (Å²) in [6.07, 6.45) is 1.50. The molecule has 0 aliphatic rings. The van der Waals surface area contributed by atoms with E-state index in [-0.39, 0.29) is 17.3 Å². The van der Waals surface area contributed by atoms with Crippen LogP contribution in [0, 0.1) is 0 Å². The van der Waals surface area contributed by atoms with Crippen LogP contribution in [0.2, 0.25) is 5.02 Å². The number of pyridine rings is 1. The SMILES string of the molecule is COc1ccc(Cl)cc1NC(=O)CSc1ccnc2c1c(=O)n(C)c(=O)n2C. The van der Waals surface area contributed by atoms with Gasteiger partial charge < -0.3 is 10.1 Å². The van der Waals surface area contributed by atoms with Gasteiger partial charge in [0.25, 0.3) is 5.56 Å². The number of benzene rings is 1. The van der Waals surface area contributed by atoms with Crippen molar-refractivity contribution in [1.82, 2.24) is 14.1 Å². The molecule has 2 aromatic heterocycles. The molecule has 10 heteroatoms. The first kappa shape index (κ1) is 20.0. The first-order valence-corrected chi connectivity index (χ1v) is 9.50. The fraction of sp³-hybridized carbons (Fsp3) is 0.222. The molecule has 0 radical (unpaired) electrons. The largest absolute Gasteiger partial charge is 0.495 e. The van der Waals surface area contributed by atoms with Gasteiger partial charge in [-0.25, -0.2) is 9.78 Å². The molecule has 3 rings (SSSR count).